The smallest absolute Gasteiger partial charge is 0.0887 e. The number of ether oxygens (including phenoxy) is 1. The lowest BCUT2D eigenvalue weighted by molar-refractivity contribution is 0.0948. The Kier molecular flexibility index (Phi) is 8.22. The van der Waals surface area contributed by atoms with Crippen LogP contribution in [0.2, 0.25) is 0 Å². The largest absolute Gasteiger partial charge is 0.375 e. The van der Waals surface area contributed by atoms with Gasteiger partial charge in [0.2, 0.25) is 0 Å². The normalized spacial score (nSPS) is 15.4. The van der Waals surface area contributed by atoms with Crippen molar-refractivity contribution in [3.63, 3.8) is 0 Å². The fraction of sp³-hybridized carbons (Fsp3) is 0.370. The lowest BCUT2D eigenvalue weighted by Gasteiger charge is -2.39. The van der Waals surface area contributed by atoms with E-state index in [0.29, 0.717) is 12.6 Å². The van der Waals surface area contributed by atoms with Crippen molar-refractivity contribution in [3.8, 4) is 0 Å². The fourth-order valence-electron chi connectivity index (χ4n) is 4.33. The molecule has 4 heteroatoms. The lowest BCUT2D eigenvalue weighted by Crippen LogP contribution is -2.48. The van der Waals surface area contributed by atoms with Gasteiger partial charge in [-0.25, -0.2) is 0 Å². The molecule has 0 radical (unpaired) electrons. The molecule has 0 spiro atoms. The van der Waals surface area contributed by atoms with E-state index in [0.717, 1.165) is 51.4 Å². The van der Waals surface area contributed by atoms with Crippen LogP contribution in [0.3, 0.4) is 0 Å². The summed E-state index contributed by atoms with van der Waals surface area (Å²) in [6, 6.07) is 28.1. The zero-order valence-corrected chi connectivity index (χ0v) is 18.3. The first-order chi connectivity index (χ1) is 15.4. The van der Waals surface area contributed by atoms with Gasteiger partial charge in [0.05, 0.1) is 18.3 Å². The first kappa shape index (κ1) is 21.7. The molecule has 162 valence electrons. The molecular weight excluding hydrogens is 382 g/mol. The number of nitrogens with zero attached hydrogens (tertiary/aromatic N) is 3. The van der Waals surface area contributed by atoms with Crippen LogP contribution in [0.1, 0.15) is 35.7 Å². The van der Waals surface area contributed by atoms with Crippen LogP contribution >= 0.6 is 0 Å². The summed E-state index contributed by atoms with van der Waals surface area (Å²) in [7, 11) is 0. The number of hydrogen-bond acceptors (Lipinski definition) is 4. The van der Waals surface area contributed by atoms with Gasteiger partial charge in [-0.2, -0.15) is 0 Å². The zero-order chi connectivity index (χ0) is 21.1. The molecule has 0 saturated carbocycles. The summed E-state index contributed by atoms with van der Waals surface area (Å²) in [6.45, 7) is 7.04. The van der Waals surface area contributed by atoms with E-state index in [2.05, 4.69) is 75.4 Å². The summed E-state index contributed by atoms with van der Waals surface area (Å²) in [5, 5.41) is 0. The molecule has 31 heavy (non-hydrogen) atoms. The Bertz CT molecular complexity index is 825. The molecule has 2 aromatic carbocycles. The molecule has 0 N–H and O–H groups in total. The number of benzene rings is 2. The second-order valence-electron chi connectivity index (χ2n) is 8.18. The van der Waals surface area contributed by atoms with E-state index < -0.39 is 0 Å². The Labute approximate surface area is 186 Å². The summed E-state index contributed by atoms with van der Waals surface area (Å²) >= 11 is 0. The molecule has 4 nitrogen and oxygen atoms in total. The minimum atomic E-state index is 0.338. The molecule has 1 fully saturated rings. The molecule has 0 atom stereocenters. The molecule has 0 aliphatic carbocycles. The average Bonchev–Trinajstić information content (AvgIpc) is 2.84. The first-order valence-electron chi connectivity index (χ1n) is 11.4. The summed E-state index contributed by atoms with van der Waals surface area (Å²) in [5.74, 6) is 0. The molecule has 1 saturated heterocycles. The van der Waals surface area contributed by atoms with Crippen LogP contribution in [-0.2, 0) is 11.3 Å². The van der Waals surface area contributed by atoms with Gasteiger partial charge in [0.15, 0.2) is 0 Å². The minimum Gasteiger partial charge on any atom is -0.375 e. The third kappa shape index (κ3) is 6.47. The van der Waals surface area contributed by atoms with E-state index in [-0.39, 0.29) is 0 Å². The summed E-state index contributed by atoms with van der Waals surface area (Å²) < 4.78 is 5.77. The first-order valence-corrected chi connectivity index (χ1v) is 11.4. The van der Waals surface area contributed by atoms with Crippen molar-refractivity contribution in [2.24, 2.45) is 0 Å². The van der Waals surface area contributed by atoms with E-state index in [1.807, 2.05) is 24.4 Å². The predicted octanol–water partition coefficient (Wildman–Crippen LogP) is 4.79. The van der Waals surface area contributed by atoms with Gasteiger partial charge in [-0.05, 0) is 42.6 Å². The van der Waals surface area contributed by atoms with Crippen molar-refractivity contribution in [1.82, 2.24) is 14.8 Å². The predicted molar refractivity (Wildman–Crippen MR) is 126 cm³/mol. The molecule has 3 aromatic rings. The third-order valence-electron chi connectivity index (χ3n) is 5.99. The Morgan fingerprint density at radius 1 is 0.742 bits per heavy atom. The van der Waals surface area contributed by atoms with Crippen molar-refractivity contribution in [1.29, 1.82) is 0 Å². The fourth-order valence-corrected chi connectivity index (χ4v) is 4.33. The van der Waals surface area contributed by atoms with Gasteiger partial charge in [-0.15, -0.1) is 0 Å². The van der Waals surface area contributed by atoms with Crippen molar-refractivity contribution >= 4 is 0 Å². The number of aromatic nitrogens is 1. The van der Waals surface area contributed by atoms with Crippen LogP contribution in [0.15, 0.2) is 85.1 Å². The van der Waals surface area contributed by atoms with Gasteiger partial charge in [0.1, 0.15) is 0 Å². The van der Waals surface area contributed by atoms with Crippen LogP contribution in [0.25, 0.3) is 0 Å². The highest BCUT2D eigenvalue weighted by molar-refractivity contribution is 5.31. The molecule has 1 aliphatic rings. The minimum absolute atomic E-state index is 0.338. The van der Waals surface area contributed by atoms with E-state index >= 15 is 0 Å². The Morgan fingerprint density at radius 3 is 2.00 bits per heavy atom. The van der Waals surface area contributed by atoms with Crippen molar-refractivity contribution in [2.45, 2.75) is 25.5 Å². The monoisotopic (exact) mass is 415 g/mol. The second-order valence-corrected chi connectivity index (χ2v) is 8.18. The molecule has 1 aromatic heterocycles. The van der Waals surface area contributed by atoms with E-state index in [1.54, 1.807) is 0 Å². The number of piperazine rings is 1. The average molecular weight is 416 g/mol. The molecule has 1 aliphatic heterocycles. The Balaban J connectivity index is 1.21. The lowest BCUT2D eigenvalue weighted by atomic mass is 9.96. The summed E-state index contributed by atoms with van der Waals surface area (Å²) in [6.07, 6.45) is 4.10. The molecule has 2 heterocycles. The van der Waals surface area contributed by atoms with Crippen LogP contribution in [0, 0.1) is 0 Å². The van der Waals surface area contributed by atoms with Gasteiger partial charge in [0, 0.05) is 39.0 Å². The standard InChI is InChI=1S/C27H33N3O/c1-3-11-24(12-4-1)27(25-13-5-2-6-14-25)30-20-18-29(19-21-30)17-9-10-22-31-23-26-15-7-8-16-28-26/h1-8,11-16,27H,9-10,17-23H2. The number of pyridine rings is 1. The molecule has 0 amide bonds. The molecule has 0 unspecified atom stereocenters. The topological polar surface area (TPSA) is 28.6 Å². The van der Waals surface area contributed by atoms with Gasteiger partial charge < -0.3 is 9.64 Å². The van der Waals surface area contributed by atoms with Crippen molar-refractivity contribution in [2.75, 3.05) is 39.3 Å². The summed E-state index contributed by atoms with van der Waals surface area (Å²) in [5.41, 5.74) is 3.77. The molecule has 0 bridgehead atoms. The quantitative estimate of drug-likeness (QED) is 0.445. The maximum Gasteiger partial charge on any atom is 0.0887 e. The van der Waals surface area contributed by atoms with Gasteiger partial charge in [0.25, 0.3) is 0 Å². The van der Waals surface area contributed by atoms with E-state index in [4.69, 9.17) is 4.74 Å². The Hall–Kier alpha value is -2.53. The van der Waals surface area contributed by atoms with Crippen LogP contribution in [0.5, 0.6) is 0 Å². The third-order valence-corrected chi connectivity index (χ3v) is 5.99. The highest BCUT2D eigenvalue weighted by Gasteiger charge is 2.25. The van der Waals surface area contributed by atoms with E-state index in [1.165, 1.54) is 17.5 Å². The molecule has 4 rings (SSSR count). The highest BCUT2D eigenvalue weighted by Crippen LogP contribution is 2.29. The van der Waals surface area contributed by atoms with Crippen LogP contribution in [0.4, 0.5) is 0 Å². The second kappa shape index (κ2) is 11.8. The number of hydrogen-bond donors (Lipinski definition) is 0. The number of unbranched alkanes of at least 4 members (excludes halogenated alkanes) is 1. The van der Waals surface area contributed by atoms with Gasteiger partial charge in [-0.1, -0.05) is 66.7 Å². The zero-order valence-electron chi connectivity index (χ0n) is 18.3. The maximum absolute atomic E-state index is 5.77. The van der Waals surface area contributed by atoms with Gasteiger partial charge in [-0.3, -0.25) is 9.88 Å². The highest BCUT2D eigenvalue weighted by atomic mass is 16.5. The number of rotatable bonds is 10. The van der Waals surface area contributed by atoms with Crippen molar-refractivity contribution in [3.05, 3.63) is 102 Å². The molecular formula is C27H33N3O. The maximum atomic E-state index is 5.77. The van der Waals surface area contributed by atoms with Gasteiger partial charge >= 0.3 is 0 Å². The Morgan fingerprint density at radius 2 is 1.39 bits per heavy atom. The van der Waals surface area contributed by atoms with E-state index in [9.17, 15) is 0 Å². The SMILES string of the molecule is c1ccc(C(c2ccccc2)N2CCN(CCCCOCc3ccccn3)CC2)cc1. The van der Waals surface area contributed by atoms with Crippen molar-refractivity contribution < 1.29 is 4.74 Å². The van der Waals surface area contributed by atoms with Crippen LogP contribution < -0.4 is 0 Å². The summed E-state index contributed by atoms with van der Waals surface area (Å²) in [4.78, 5) is 9.53. The van der Waals surface area contributed by atoms with Crippen LogP contribution in [-0.4, -0.2) is 54.1 Å².